The zero-order valence-electron chi connectivity index (χ0n) is 12.1. The van der Waals surface area contributed by atoms with Crippen LogP contribution in [0.2, 0.25) is 0 Å². The molecule has 3 heteroatoms. The van der Waals surface area contributed by atoms with Crippen molar-refractivity contribution in [1.82, 2.24) is 5.32 Å². The van der Waals surface area contributed by atoms with E-state index in [1.165, 1.54) is 11.1 Å². The van der Waals surface area contributed by atoms with Crippen molar-refractivity contribution in [1.29, 1.82) is 0 Å². The first-order valence-corrected chi connectivity index (χ1v) is 6.52. The minimum Gasteiger partial charge on any atom is -0.490 e. The highest BCUT2D eigenvalue weighted by molar-refractivity contribution is 5.39. The van der Waals surface area contributed by atoms with Gasteiger partial charge in [0, 0.05) is 31.7 Å². The molecule has 1 N–H and O–H groups in total. The minimum atomic E-state index is 0.162. The number of benzene rings is 1. The summed E-state index contributed by atoms with van der Waals surface area (Å²) in [5.41, 5.74) is 2.42. The van der Waals surface area contributed by atoms with Crippen molar-refractivity contribution in [3.63, 3.8) is 0 Å². The van der Waals surface area contributed by atoms with Crippen LogP contribution in [0.3, 0.4) is 0 Å². The highest BCUT2D eigenvalue weighted by atomic mass is 16.5. The van der Waals surface area contributed by atoms with Crippen molar-refractivity contribution in [2.45, 2.75) is 39.3 Å². The Morgan fingerprint density at radius 2 is 2.00 bits per heavy atom. The van der Waals surface area contributed by atoms with Gasteiger partial charge in [0.05, 0.1) is 6.10 Å². The Labute approximate surface area is 110 Å². The van der Waals surface area contributed by atoms with Crippen LogP contribution in [0.25, 0.3) is 0 Å². The van der Waals surface area contributed by atoms with Gasteiger partial charge in [-0.1, -0.05) is 12.1 Å². The van der Waals surface area contributed by atoms with E-state index in [4.69, 9.17) is 9.47 Å². The van der Waals surface area contributed by atoms with Crippen LogP contribution in [0.4, 0.5) is 0 Å². The molecule has 0 fully saturated rings. The summed E-state index contributed by atoms with van der Waals surface area (Å²) in [7, 11) is 3.68. The van der Waals surface area contributed by atoms with E-state index in [1.807, 2.05) is 7.05 Å². The van der Waals surface area contributed by atoms with Crippen LogP contribution >= 0.6 is 0 Å². The monoisotopic (exact) mass is 251 g/mol. The molecule has 0 amide bonds. The summed E-state index contributed by atoms with van der Waals surface area (Å²) in [6.45, 7) is 7.02. The van der Waals surface area contributed by atoms with E-state index in [-0.39, 0.29) is 12.1 Å². The lowest BCUT2D eigenvalue weighted by Gasteiger charge is -2.20. The molecule has 0 bridgehead atoms. The molecule has 0 spiro atoms. The van der Waals surface area contributed by atoms with E-state index in [0.29, 0.717) is 0 Å². The van der Waals surface area contributed by atoms with Crippen LogP contribution in [-0.2, 0) is 4.74 Å². The number of nitrogens with one attached hydrogen (secondary N) is 1. The van der Waals surface area contributed by atoms with Gasteiger partial charge in [-0.05, 0) is 39.4 Å². The van der Waals surface area contributed by atoms with Gasteiger partial charge in [-0.15, -0.1) is 0 Å². The minimum absolute atomic E-state index is 0.162. The average molecular weight is 251 g/mol. The average Bonchev–Trinajstić information content (AvgIpc) is 2.35. The van der Waals surface area contributed by atoms with Crippen LogP contribution in [0, 0.1) is 6.92 Å². The summed E-state index contributed by atoms with van der Waals surface area (Å²) in [5.74, 6) is 0.973. The molecule has 1 rings (SSSR count). The van der Waals surface area contributed by atoms with Crippen LogP contribution in [-0.4, -0.2) is 26.9 Å². The Morgan fingerprint density at radius 1 is 1.28 bits per heavy atom. The quantitative estimate of drug-likeness (QED) is 0.808. The summed E-state index contributed by atoms with van der Waals surface area (Å²) in [5, 5.41) is 3.25. The summed E-state index contributed by atoms with van der Waals surface area (Å²) in [6, 6.07) is 6.65. The third-order valence-corrected chi connectivity index (χ3v) is 3.13. The fourth-order valence-corrected chi connectivity index (χ4v) is 1.82. The Morgan fingerprint density at radius 3 is 2.61 bits per heavy atom. The summed E-state index contributed by atoms with van der Waals surface area (Å²) in [6.07, 6.45) is 1.06. The fourth-order valence-electron chi connectivity index (χ4n) is 1.82. The number of rotatable bonds is 7. The van der Waals surface area contributed by atoms with Crippen molar-refractivity contribution < 1.29 is 9.47 Å². The molecule has 0 aromatic heterocycles. The van der Waals surface area contributed by atoms with Crippen molar-refractivity contribution in [3.8, 4) is 5.75 Å². The lowest BCUT2D eigenvalue weighted by Crippen LogP contribution is -2.18. The molecule has 0 radical (unpaired) electrons. The third-order valence-electron chi connectivity index (χ3n) is 3.13. The number of methoxy groups -OCH3 is 1. The number of hydrogen-bond donors (Lipinski definition) is 1. The zero-order chi connectivity index (χ0) is 13.5. The zero-order valence-corrected chi connectivity index (χ0v) is 12.1. The van der Waals surface area contributed by atoms with Gasteiger partial charge in [-0.2, -0.15) is 0 Å². The summed E-state index contributed by atoms with van der Waals surface area (Å²) >= 11 is 0. The smallest absolute Gasteiger partial charge is 0.124 e. The lowest BCUT2D eigenvalue weighted by molar-refractivity contribution is 0.134. The van der Waals surface area contributed by atoms with Crippen LogP contribution < -0.4 is 10.1 Å². The van der Waals surface area contributed by atoms with Crippen molar-refractivity contribution in [2.75, 3.05) is 20.8 Å². The van der Waals surface area contributed by atoms with E-state index in [0.717, 1.165) is 18.8 Å². The second-order valence-electron chi connectivity index (χ2n) is 4.76. The summed E-state index contributed by atoms with van der Waals surface area (Å²) in [4.78, 5) is 0. The first kappa shape index (κ1) is 15.0. The number of hydrogen-bond acceptors (Lipinski definition) is 3. The number of ether oxygens (including phenoxy) is 2. The molecule has 0 saturated carbocycles. The van der Waals surface area contributed by atoms with Gasteiger partial charge in [-0.25, -0.2) is 0 Å². The summed E-state index contributed by atoms with van der Waals surface area (Å²) < 4.78 is 11.1. The molecule has 1 aromatic rings. The molecule has 0 aliphatic heterocycles. The molecule has 1 aromatic carbocycles. The second kappa shape index (κ2) is 7.39. The van der Waals surface area contributed by atoms with Crippen LogP contribution in [0.1, 0.15) is 37.4 Å². The van der Waals surface area contributed by atoms with E-state index < -0.39 is 0 Å². The van der Waals surface area contributed by atoms with E-state index in [9.17, 15) is 0 Å². The van der Waals surface area contributed by atoms with Gasteiger partial charge < -0.3 is 14.8 Å². The van der Waals surface area contributed by atoms with Gasteiger partial charge in [0.2, 0.25) is 0 Å². The van der Waals surface area contributed by atoms with Crippen LogP contribution in [0.5, 0.6) is 5.75 Å². The Kier molecular flexibility index (Phi) is 6.16. The standard InChI is InChI=1S/C15H25NO2/c1-11-6-7-14(13(3)16-4)15(10-11)18-12(2)8-9-17-5/h6-7,10,12-13,16H,8-9H2,1-5H3. The lowest BCUT2D eigenvalue weighted by atomic mass is 10.0. The highest BCUT2D eigenvalue weighted by Crippen LogP contribution is 2.27. The molecular formula is C15H25NO2. The highest BCUT2D eigenvalue weighted by Gasteiger charge is 2.12. The van der Waals surface area contributed by atoms with Gasteiger partial charge in [-0.3, -0.25) is 0 Å². The van der Waals surface area contributed by atoms with Crippen molar-refractivity contribution in [2.24, 2.45) is 0 Å². The third kappa shape index (κ3) is 4.31. The Hall–Kier alpha value is -1.06. The molecular weight excluding hydrogens is 226 g/mol. The SMILES string of the molecule is CNC(C)c1ccc(C)cc1OC(C)CCOC. The molecule has 0 aliphatic carbocycles. The van der Waals surface area contributed by atoms with Crippen molar-refractivity contribution >= 4 is 0 Å². The molecule has 0 heterocycles. The maximum Gasteiger partial charge on any atom is 0.124 e. The van der Waals surface area contributed by atoms with E-state index in [1.54, 1.807) is 7.11 Å². The first-order chi connectivity index (χ1) is 8.58. The van der Waals surface area contributed by atoms with Crippen molar-refractivity contribution in [3.05, 3.63) is 29.3 Å². The molecule has 18 heavy (non-hydrogen) atoms. The molecule has 3 nitrogen and oxygen atoms in total. The van der Waals surface area contributed by atoms with Gasteiger partial charge in [0.25, 0.3) is 0 Å². The van der Waals surface area contributed by atoms with Crippen LogP contribution in [0.15, 0.2) is 18.2 Å². The largest absolute Gasteiger partial charge is 0.490 e. The Balaban J connectivity index is 2.81. The Bertz CT molecular complexity index is 366. The fraction of sp³-hybridized carbons (Fsp3) is 0.600. The van der Waals surface area contributed by atoms with Gasteiger partial charge in [0.1, 0.15) is 5.75 Å². The van der Waals surface area contributed by atoms with Gasteiger partial charge >= 0.3 is 0 Å². The predicted molar refractivity (Wildman–Crippen MR) is 75.2 cm³/mol. The second-order valence-corrected chi connectivity index (χ2v) is 4.76. The molecule has 0 saturated heterocycles. The predicted octanol–water partition coefficient (Wildman–Crippen LogP) is 3.08. The molecule has 2 atom stereocenters. The maximum absolute atomic E-state index is 6.03. The number of aryl methyl sites for hydroxylation is 1. The topological polar surface area (TPSA) is 30.5 Å². The van der Waals surface area contributed by atoms with E-state index in [2.05, 4.69) is 44.3 Å². The first-order valence-electron chi connectivity index (χ1n) is 6.52. The molecule has 102 valence electrons. The normalized spacial score (nSPS) is 14.3. The van der Waals surface area contributed by atoms with Gasteiger partial charge in [0.15, 0.2) is 0 Å². The maximum atomic E-state index is 6.03. The molecule has 2 unspecified atom stereocenters. The molecule has 0 aliphatic rings. The van der Waals surface area contributed by atoms with E-state index >= 15 is 0 Å².